The van der Waals surface area contributed by atoms with E-state index in [-0.39, 0.29) is 11.6 Å². The summed E-state index contributed by atoms with van der Waals surface area (Å²) in [6, 6.07) is 4.14. The zero-order valence-corrected chi connectivity index (χ0v) is 15.6. The predicted molar refractivity (Wildman–Crippen MR) is 103 cm³/mol. The number of rotatable bonds is 3. The molecule has 7 nitrogen and oxygen atoms in total. The van der Waals surface area contributed by atoms with Gasteiger partial charge in [0.25, 0.3) is 0 Å². The Bertz CT molecular complexity index is 948. The lowest BCUT2D eigenvalue weighted by molar-refractivity contribution is -0.0244. The van der Waals surface area contributed by atoms with Gasteiger partial charge < -0.3 is 10.1 Å². The molecule has 4 heterocycles. The summed E-state index contributed by atoms with van der Waals surface area (Å²) in [6.45, 7) is 0.730. The van der Waals surface area contributed by atoms with Crippen molar-refractivity contribution < 1.29 is 4.74 Å². The molecule has 0 amide bonds. The Morgan fingerprint density at radius 1 is 1.19 bits per heavy atom. The van der Waals surface area contributed by atoms with Crippen molar-refractivity contribution >= 4 is 16.9 Å². The van der Waals surface area contributed by atoms with Crippen molar-refractivity contribution in [2.75, 3.05) is 11.9 Å². The molecule has 0 radical (unpaired) electrons. The van der Waals surface area contributed by atoms with Crippen LogP contribution in [0.25, 0.3) is 22.4 Å². The number of hydrogen-bond donors (Lipinski definition) is 1. The van der Waals surface area contributed by atoms with Crippen LogP contribution in [0.4, 0.5) is 5.82 Å². The second kappa shape index (κ2) is 6.56. The molecule has 0 aromatic carbocycles. The fourth-order valence-electron chi connectivity index (χ4n) is 4.43. The van der Waals surface area contributed by atoms with Crippen molar-refractivity contribution in [3.05, 3.63) is 30.7 Å². The molecule has 3 aromatic rings. The predicted octanol–water partition coefficient (Wildman–Crippen LogP) is 3.33. The van der Waals surface area contributed by atoms with Crippen molar-refractivity contribution in [2.45, 2.75) is 50.2 Å². The molecule has 3 aromatic heterocycles. The van der Waals surface area contributed by atoms with Crippen LogP contribution in [0, 0.1) is 0 Å². The number of anilines is 1. The topological polar surface area (TPSA) is 77.8 Å². The largest absolute Gasteiger partial charge is 0.373 e. The Morgan fingerprint density at radius 2 is 2.07 bits per heavy atom. The highest BCUT2D eigenvalue weighted by atomic mass is 16.5. The zero-order valence-electron chi connectivity index (χ0n) is 15.6. The molecule has 5 rings (SSSR count). The van der Waals surface area contributed by atoms with Gasteiger partial charge in [-0.2, -0.15) is 5.10 Å². The number of nitrogens with one attached hydrogen (secondary N) is 1. The van der Waals surface area contributed by atoms with Gasteiger partial charge in [-0.3, -0.25) is 9.67 Å². The number of fused-ring (bicyclic) bond motifs is 1. The summed E-state index contributed by atoms with van der Waals surface area (Å²) in [5.41, 5.74) is 1.79. The molecule has 27 heavy (non-hydrogen) atoms. The van der Waals surface area contributed by atoms with E-state index in [1.165, 1.54) is 32.1 Å². The standard InChI is InChI=1S/C20H24N6O/c1-26-19-16(12-22-26)18(24-17(25-19)14-6-5-9-21-11-14)23-15-10-20(27-13-15)7-3-2-4-8-20/h5-6,9,11-12,15H,2-4,7-8,10,13H2,1H3,(H,23,24,25)/t15-/m1/s1. The van der Waals surface area contributed by atoms with Gasteiger partial charge in [-0.05, 0) is 31.4 Å². The Hall–Kier alpha value is -2.54. The van der Waals surface area contributed by atoms with Gasteiger partial charge >= 0.3 is 0 Å². The van der Waals surface area contributed by atoms with E-state index in [0.29, 0.717) is 5.82 Å². The van der Waals surface area contributed by atoms with Gasteiger partial charge in [0.15, 0.2) is 11.5 Å². The fraction of sp³-hybridized carbons (Fsp3) is 0.500. The molecule has 0 unspecified atom stereocenters. The van der Waals surface area contributed by atoms with E-state index in [9.17, 15) is 0 Å². The first-order valence-corrected chi connectivity index (χ1v) is 9.73. The van der Waals surface area contributed by atoms with Gasteiger partial charge in [0.2, 0.25) is 0 Å². The van der Waals surface area contributed by atoms with Gasteiger partial charge in [0.05, 0.1) is 29.8 Å². The van der Waals surface area contributed by atoms with E-state index < -0.39 is 0 Å². The third-order valence-corrected chi connectivity index (χ3v) is 5.83. The number of nitrogens with zero attached hydrogens (tertiary/aromatic N) is 5. The SMILES string of the molecule is Cn1ncc2c(N[C@H]3COC4(CCCCC4)C3)nc(-c3cccnc3)nc21. The molecular formula is C20H24N6O. The van der Waals surface area contributed by atoms with Gasteiger partial charge in [0, 0.05) is 25.0 Å². The van der Waals surface area contributed by atoms with Gasteiger partial charge in [0.1, 0.15) is 5.82 Å². The molecule has 1 saturated carbocycles. The van der Waals surface area contributed by atoms with E-state index in [0.717, 1.165) is 35.4 Å². The van der Waals surface area contributed by atoms with E-state index in [1.54, 1.807) is 17.1 Å². The van der Waals surface area contributed by atoms with Crippen LogP contribution in [0.2, 0.25) is 0 Å². The fourth-order valence-corrected chi connectivity index (χ4v) is 4.43. The monoisotopic (exact) mass is 364 g/mol. The third-order valence-electron chi connectivity index (χ3n) is 5.83. The Morgan fingerprint density at radius 3 is 2.89 bits per heavy atom. The highest BCUT2D eigenvalue weighted by Gasteiger charge is 2.41. The van der Waals surface area contributed by atoms with Crippen LogP contribution >= 0.6 is 0 Å². The van der Waals surface area contributed by atoms with Crippen molar-refractivity contribution in [3.63, 3.8) is 0 Å². The second-order valence-electron chi connectivity index (χ2n) is 7.74. The maximum atomic E-state index is 6.26. The second-order valence-corrected chi connectivity index (χ2v) is 7.74. The summed E-state index contributed by atoms with van der Waals surface area (Å²) >= 11 is 0. The highest BCUT2D eigenvalue weighted by Crippen LogP contribution is 2.40. The van der Waals surface area contributed by atoms with Crippen LogP contribution in [0.3, 0.4) is 0 Å². The number of aromatic nitrogens is 5. The summed E-state index contributed by atoms with van der Waals surface area (Å²) in [5.74, 6) is 1.49. The van der Waals surface area contributed by atoms with Crippen LogP contribution in [0.15, 0.2) is 30.7 Å². The molecule has 1 saturated heterocycles. The number of hydrogen-bond acceptors (Lipinski definition) is 6. The quantitative estimate of drug-likeness (QED) is 0.768. The smallest absolute Gasteiger partial charge is 0.165 e. The highest BCUT2D eigenvalue weighted by molar-refractivity contribution is 5.88. The van der Waals surface area contributed by atoms with Crippen LogP contribution < -0.4 is 5.32 Å². The summed E-state index contributed by atoms with van der Waals surface area (Å²) in [4.78, 5) is 13.7. The van der Waals surface area contributed by atoms with E-state index >= 15 is 0 Å². The van der Waals surface area contributed by atoms with Crippen LogP contribution in [-0.4, -0.2) is 43.0 Å². The van der Waals surface area contributed by atoms with Crippen molar-refractivity contribution in [1.29, 1.82) is 0 Å². The maximum absolute atomic E-state index is 6.26. The first-order valence-electron chi connectivity index (χ1n) is 9.73. The Balaban J connectivity index is 1.47. The Labute approximate surface area is 158 Å². The van der Waals surface area contributed by atoms with Crippen molar-refractivity contribution in [3.8, 4) is 11.4 Å². The zero-order chi connectivity index (χ0) is 18.3. The molecular weight excluding hydrogens is 340 g/mol. The van der Waals surface area contributed by atoms with Crippen molar-refractivity contribution in [1.82, 2.24) is 24.7 Å². The number of pyridine rings is 1. The summed E-state index contributed by atoms with van der Waals surface area (Å²) in [5, 5.41) is 8.95. The summed E-state index contributed by atoms with van der Waals surface area (Å²) < 4.78 is 8.05. The van der Waals surface area contributed by atoms with E-state index in [4.69, 9.17) is 14.7 Å². The Kier molecular flexibility index (Phi) is 4.04. The average molecular weight is 364 g/mol. The molecule has 2 fully saturated rings. The lowest BCUT2D eigenvalue weighted by Crippen LogP contribution is -2.31. The first-order chi connectivity index (χ1) is 13.2. The molecule has 2 aliphatic rings. The number of aryl methyl sites for hydroxylation is 1. The lowest BCUT2D eigenvalue weighted by Gasteiger charge is -2.32. The van der Waals surface area contributed by atoms with Gasteiger partial charge in [-0.25, -0.2) is 9.97 Å². The molecule has 1 N–H and O–H groups in total. The molecule has 7 heteroatoms. The third kappa shape index (κ3) is 3.06. The summed E-state index contributed by atoms with van der Waals surface area (Å²) in [6.07, 6.45) is 12.7. The van der Waals surface area contributed by atoms with Gasteiger partial charge in [-0.1, -0.05) is 19.3 Å². The maximum Gasteiger partial charge on any atom is 0.165 e. The van der Waals surface area contributed by atoms with Crippen LogP contribution in [-0.2, 0) is 11.8 Å². The minimum absolute atomic E-state index is 0.0726. The molecule has 1 atom stereocenters. The number of ether oxygens (including phenoxy) is 1. The molecule has 0 bridgehead atoms. The minimum Gasteiger partial charge on any atom is -0.373 e. The normalized spacial score (nSPS) is 21.7. The average Bonchev–Trinajstić information content (AvgIpc) is 3.27. The first kappa shape index (κ1) is 16.6. The minimum atomic E-state index is 0.0726. The van der Waals surface area contributed by atoms with Crippen molar-refractivity contribution in [2.24, 2.45) is 7.05 Å². The van der Waals surface area contributed by atoms with Gasteiger partial charge in [-0.15, -0.1) is 0 Å². The molecule has 1 spiro atoms. The molecule has 1 aliphatic heterocycles. The lowest BCUT2D eigenvalue weighted by atomic mass is 9.82. The van der Waals surface area contributed by atoms with E-state index in [1.807, 2.05) is 25.4 Å². The van der Waals surface area contributed by atoms with Crippen LogP contribution in [0.1, 0.15) is 38.5 Å². The summed E-state index contributed by atoms with van der Waals surface area (Å²) in [7, 11) is 1.90. The molecule has 1 aliphatic carbocycles. The molecule has 140 valence electrons. The van der Waals surface area contributed by atoms with E-state index in [2.05, 4.69) is 15.4 Å². The van der Waals surface area contributed by atoms with Crippen LogP contribution in [0.5, 0.6) is 0 Å².